The molecular weight excluding hydrogens is 326 g/mol. The standard InChI is InChI=1S/C21H25N3O2/c1-14(22)20(25)24-19-13-17(15-8-4-2-5-9-15)12-18(23-21(19)26)16-10-6-3-7-11-16/h2-11,14,17-19H,12-13,22H2,1H3,(H,23,26)(H,24,25)/t14-,17+,18-,19-/m0/s1. The van der Waals surface area contributed by atoms with Crippen LogP contribution in [0, 0.1) is 0 Å². The largest absolute Gasteiger partial charge is 0.347 e. The third kappa shape index (κ3) is 4.29. The number of hydrogen-bond acceptors (Lipinski definition) is 3. The average molecular weight is 351 g/mol. The summed E-state index contributed by atoms with van der Waals surface area (Å²) in [6, 6.07) is 18.8. The quantitative estimate of drug-likeness (QED) is 0.790. The third-order valence-corrected chi connectivity index (χ3v) is 4.88. The van der Waals surface area contributed by atoms with Gasteiger partial charge in [0.2, 0.25) is 11.8 Å². The molecule has 1 heterocycles. The Bertz CT molecular complexity index is 746. The van der Waals surface area contributed by atoms with Crippen molar-refractivity contribution in [2.45, 2.75) is 43.8 Å². The highest BCUT2D eigenvalue weighted by atomic mass is 16.2. The SMILES string of the molecule is C[C@H](N)C(=O)N[C@H]1C[C@H](c2ccccc2)C[C@@H](c2ccccc2)NC1=O. The van der Waals surface area contributed by atoms with Crippen LogP contribution < -0.4 is 16.4 Å². The highest BCUT2D eigenvalue weighted by Crippen LogP contribution is 2.34. The molecular formula is C21H25N3O2. The van der Waals surface area contributed by atoms with Gasteiger partial charge >= 0.3 is 0 Å². The van der Waals surface area contributed by atoms with Crippen molar-refractivity contribution in [3.05, 3.63) is 71.8 Å². The van der Waals surface area contributed by atoms with Crippen LogP contribution in [-0.2, 0) is 9.59 Å². The molecule has 0 bridgehead atoms. The number of hydrogen-bond donors (Lipinski definition) is 3. The Labute approximate surface area is 154 Å². The van der Waals surface area contributed by atoms with Crippen molar-refractivity contribution in [3.8, 4) is 0 Å². The van der Waals surface area contributed by atoms with Crippen LogP contribution in [-0.4, -0.2) is 23.9 Å². The Morgan fingerprint density at radius 3 is 2.19 bits per heavy atom. The Kier molecular flexibility index (Phi) is 5.68. The Morgan fingerprint density at radius 2 is 1.62 bits per heavy atom. The summed E-state index contributed by atoms with van der Waals surface area (Å²) in [7, 11) is 0. The zero-order valence-corrected chi connectivity index (χ0v) is 14.9. The minimum Gasteiger partial charge on any atom is -0.347 e. The van der Waals surface area contributed by atoms with Crippen LogP contribution in [0.2, 0.25) is 0 Å². The van der Waals surface area contributed by atoms with Gasteiger partial charge in [0.05, 0.1) is 12.1 Å². The van der Waals surface area contributed by atoms with Crippen LogP contribution in [0.3, 0.4) is 0 Å². The maximum absolute atomic E-state index is 12.8. The summed E-state index contributed by atoms with van der Waals surface area (Å²) < 4.78 is 0. The van der Waals surface area contributed by atoms with E-state index in [0.717, 1.165) is 12.0 Å². The van der Waals surface area contributed by atoms with Crippen LogP contribution in [0.4, 0.5) is 0 Å². The van der Waals surface area contributed by atoms with Crippen molar-refractivity contribution in [1.82, 2.24) is 10.6 Å². The molecule has 2 amide bonds. The number of carbonyl (C=O) groups is 2. The van der Waals surface area contributed by atoms with Crippen LogP contribution in [0.25, 0.3) is 0 Å². The highest BCUT2D eigenvalue weighted by Gasteiger charge is 2.33. The van der Waals surface area contributed by atoms with Crippen molar-refractivity contribution >= 4 is 11.8 Å². The normalized spacial score (nSPS) is 24.2. The second kappa shape index (κ2) is 8.15. The topological polar surface area (TPSA) is 84.2 Å². The third-order valence-electron chi connectivity index (χ3n) is 4.88. The minimum atomic E-state index is -0.647. The van der Waals surface area contributed by atoms with E-state index < -0.39 is 12.1 Å². The van der Waals surface area contributed by atoms with E-state index in [9.17, 15) is 9.59 Å². The van der Waals surface area contributed by atoms with Crippen LogP contribution in [0.15, 0.2) is 60.7 Å². The predicted molar refractivity (Wildman–Crippen MR) is 101 cm³/mol. The molecule has 5 heteroatoms. The number of nitrogens with two attached hydrogens (primary N) is 1. The fraction of sp³-hybridized carbons (Fsp3) is 0.333. The van der Waals surface area contributed by atoms with E-state index in [-0.39, 0.29) is 23.8 Å². The van der Waals surface area contributed by atoms with Gasteiger partial charge in [0.1, 0.15) is 6.04 Å². The zero-order chi connectivity index (χ0) is 18.5. The van der Waals surface area contributed by atoms with Gasteiger partial charge in [0.25, 0.3) is 0 Å². The lowest BCUT2D eigenvalue weighted by atomic mass is 9.86. The van der Waals surface area contributed by atoms with Crippen molar-refractivity contribution in [2.75, 3.05) is 0 Å². The molecule has 0 aliphatic carbocycles. The van der Waals surface area contributed by atoms with Crippen LogP contribution >= 0.6 is 0 Å². The second-order valence-corrected chi connectivity index (χ2v) is 6.90. The molecule has 4 N–H and O–H groups in total. The summed E-state index contributed by atoms with van der Waals surface area (Å²) in [4.78, 5) is 24.8. The van der Waals surface area contributed by atoms with Crippen LogP contribution in [0.1, 0.15) is 42.9 Å². The molecule has 26 heavy (non-hydrogen) atoms. The molecule has 2 aromatic rings. The summed E-state index contributed by atoms with van der Waals surface area (Å²) in [6.07, 6.45) is 1.34. The fourth-order valence-electron chi connectivity index (χ4n) is 3.43. The first-order chi connectivity index (χ1) is 12.5. The Hall–Kier alpha value is -2.66. The molecule has 5 nitrogen and oxygen atoms in total. The smallest absolute Gasteiger partial charge is 0.243 e. The molecule has 136 valence electrons. The Morgan fingerprint density at radius 1 is 1.04 bits per heavy atom. The molecule has 2 aromatic carbocycles. The summed E-state index contributed by atoms with van der Waals surface area (Å²) in [6.45, 7) is 1.62. The molecule has 3 rings (SSSR count). The number of benzene rings is 2. The predicted octanol–water partition coefficient (Wildman–Crippen LogP) is 2.25. The lowest BCUT2D eigenvalue weighted by Gasteiger charge is -2.21. The summed E-state index contributed by atoms with van der Waals surface area (Å²) >= 11 is 0. The van der Waals surface area contributed by atoms with E-state index in [4.69, 9.17) is 5.73 Å². The van der Waals surface area contributed by atoms with E-state index >= 15 is 0 Å². The number of rotatable bonds is 4. The van der Waals surface area contributed by atoms with Gasteiger partial charge < -0.3 is 16.4 Å². The molecule has 1 aliphatic rings. The monoisotopic (exact) mass is 351 g/mol. The van der Waals surface area contributed by atoms with Gasteiger partial charge in [0.15, 0.2) is 0 Å². The summed E-state index contributed by atoms with van der Waals surface area (Å²) in [5.74, 6) is -0.319. The number of amides is 2. The minimum absolute atomic E-state index is 0.0916. The van der Waals surface area contributed by atoms with Gasteiger partial charge in [0, 0.05) is 0 Å². The van der Waals surface area contributed by atoms with Gasteiger partial charge in [-0.3, -0.25) is 9.59 Å². The number of carbonyl (C=O) groups excluding carboxylic acids is 2. The fourth-order valence-corrected chi connectivity index (χ4v) is 3.43. The Balaban J connectivity index is 1.89. The molecule has 0 aromatic heterocycles. The van der Waals surface area contributed by atoms with Gasteiger partial charge in [-0.1, -0.05) is 60.7 Å². The molecule has 0 spiro atoms. The average Bonchev–Trinajstić information content (AvgIpc) is 2.82. The van der Waals surface area contributed by atoms with Crippen molar-refractivity contribution in [1.29, 1.82) is 0 Å². The van der Waals surface area contributed by atoms with Gasteiger partial charge in [-0.05, 0) is 36.8 Å². The summed E-state index contributed by atoms with van der Waals surface area (Å²) in [5.41, 5.74) is 7.90. The lowest BCUT2D eigenvalue weighted by molar-refractivity contribution is -0.129. The molecule has 0 unspecified atom stereocenters. The molecule has 0 radical (unpaired) electrons. The van der Waals surface area contributed by atoms with Crippen LogP contribution in [0.5, 0.6) is 0 Å². The van der Waals surface area contributed by atoms with Crippen molar-refractivity contribution in [2.24, 2.45) is 5.73 Å². The van der Waals surface area contributed by atoms with Gasteiger partial charge in [-0.2, -0.15) is 0 Å². The van der Waals surface area contributed by atoms with E-state index in [2.05, 4.69) is 22.8 Å². The second-order valence-electron chi connectivity index (χ2n) is 6.90. The zero-order valence-electron chi connectivity index (χ0n) is 14.9. The van der Waals surface area contributed by atoms with Gasteiger partial charge in [-0.25, -0.2) is 0 Å². The van der Waals surface area contributed by atoms with Gasteiger partial charge in [-0.15, -0.1) is 0 Å². The van der Waals surface area contributed by atoms with E-state index in [1.165, 1.54) is 5.56 Å². The molecule has 1 aliphatic heterocycles. The van der Waals surface area contributed by atoms with Crippen molar-refractivity contribution < 1.29 is 9.59 Å². The molecule has 1 saturated heterocycles. The first-order valence-corrected chi connectivity index (χ1v) is 9.01. The summed E-state index contributed by atoms with van der Waals surface area (Å²) in [5, 5.41) is 5.90. The van der Waals surface area contributed by atoms with E-state index in [1.54, 1.807) is 6.92 Å². The maximum atomic E-state index is 12.8. The maximum Gasteiger partial charge on any atom is 0.243 e. The molecule has 0 saturated carbocycles. The highest BCUT2D eigenvalue weighted by molar-refractivity contribution is 5.90. The first kappa shape index (κ1) is 18.1. The lowest BCUT2D eigenvalue weighted by Crippen LogP contribution is -2.50. The van der Waals surface area contributed by atoms with Crippen molar-refractivity contribution in [3.63, 3.8) is 0 Å². The first-order valence-electron chi connectivity index (χ1n) is 9.01. The molecule has 4 atom stereocenters. The van der Waals surface area contributed by atoms with E-state index in [0.29, 0.717) is 6.42 Å². The van der Waals surface area contributed by atoms with E-state index in [1.807, 2.05) is 48.5 Å². The molecule has 1 fully saturated rings. The number of nitrogens with one attached hydrogen (secondary N) is 2.